The highest BCUT2D eigenvalue weighted by Crippen LogP contribution is 2.49. The Hall–Kier alpha value is -2.99. The van der Waals surface area contributed by atoms with Crippen molar-refractivity contribution in [3.8, 4) is 0 Å². The minimum absolute atomic E-state index is 0. The fraction of sp³-hybridized carbons (Fsp3) is 0.286. The minimum atomic E-state index is -4.37. The van der Waals surface area contributed by atoms with Crippen molar-refractivity contribution in [1.29, 1.82) is 0 Å². The van der Waals surface area contributed by atoms with Crippen molar-refractivity contribution in [2.75, 3.05) is 36.0 Å². The summed E-state index contributed by atoms with van der Waals surface area (Å²) in [5.74, 6) is -0.829. The normalized spacial score (nSPS) is 17.9. The monoisotopic (exact) mass is 605 g/mol. The Morgan fingerprint density at radius 1 is 1.05 bits per heavy atom. The van der Waals surface area contributed by atoms with Gasteiger partial charge in [-0.1, -0.05) is 41.4 Å². The number of nitrogens with one attached hydrogen (secondary N) is 1. The number of methoxy groups -OCH3 is 1. The summed E-state index contributed by atoms with van der Waals surface area (Å²) in [6.45, 7) is 2.72. The summed E-state index contributed by atoms with van der Waals surface area (Å²) in [6, 6.07) is 16.1. The van der Waals surface area contributed by atoms with Crippen LogP contribution in [0.2, 0.25) is 10.0 Å². The molecule has 0 fully saturated rings. The number of carbonyl (C=O) groups is 2. The lowest BCUT2D eigenvalue weighted by Gasteiger charge is -2.31. The van der Waals surface area contributed by atoms with Crippen molar-refractivity contribution in [2.24, 2.45) is 0 Å². The molecule has 0 radical (unpaired) electrons. The van der Waals surface area contributed by atoms with Crippen LogP contribution in [0.4, 0.5) is 11.4 Å². The standard InChI is InChI=1S/C28H27Cl2N3O5S.H2O/c1-18(34)32-14-12-19-16-21(9-11-25(19)32)39(36,37)33-26-10-8-20(29)17-23(26)28(27(33)35,31-13-5-15-38-2)22-6-3-4-7-24(22)30;/h3-4,6-11,16-17,31H,5,12-15H2,1-2H3;1H2. The first-order valence-electron chi connectivity index (χ1n) is 12.4. The van der Waals surface area contributed by atoms with Gasteiger partial charge in [0.05, 0.1) is 10.6 Å². The number of sulfonamides is 1. The minimum Gasteiger partial charge on any atom is -0.412 e. The van der Waals surface area contributed by atoms with Crippen molar-refractivity contribution < 1.29 is 28.2 Å². The number of benzene rings is 3. The van der Waals surface area contributed by atoms with Crippen molar-refractivity contribution in [3.05, 3.63) is 87.4 Å². The van der Waals surface area contributed by atoms with Gasteiger partial charge in [-0.15, -0.1) is 0 Å². The van der Waals surface area contributed by atoms with Crippen LogP contribution in [0.15, 0.2) is 65.6 Å². The molecular formula is C28H29Cl2N3O6S. The summed E-state index contributed by atoms with van der Waals surface area (Å²) in [4.78, 5) is 28.1. The van der Waals surface area contributed by atoms with Gasteiger partial charge in [0.25, 0.3) is 15.9 Å². The Labute approximate surface area is 243 Å². The lowest BCUT2D eigenvalue weighted by molar-refractivity contribution is -0.121. The molecule has 212 valence electrons. The molecule has 1 atom stereocenters. The summed E-state index contributed by atoms with van der Waals surface area (Å²) in [7, 11) is -2.79. The summed E-state index contributed by atoms with van der Waals surface area (Å²) in [5.41, 5.74) is 0.784. The first-order chi connectivity index (χ1) is 18.6. The molecule has 9 nitrogen and oxygen atoms in total. The molecule has 1 unspecified atom stereocenters. The van der Waals surface area contributed by atoms with E-state index >= 15 is 0 Å². The number of hydrogen-bond acceptors (Lipinski definition) is 6. The first kappa shape index (κ1) is 30.0. The molecule has 12 heteroatoms. The third-order valence-electron chi connectivity index (χ3n) is 7.14. The van der Waals surface area contributed by atoms with E-state index in [1.165, 1.54) is 25.1 Å². The molecule has 5 rings (SSSR count). The Bertz CT molecular complexity index is 1580. The molecule has 2 aliphatic rings. The molecule has 3 aromatic carbocycles. The summed E-state index contributed by atoms with van der Waals surface area (Å²) in [5, 5.41) is 3.96. The number of fused-ring (bicyclic) bond motifs is 2. The lowest BCUT2D eigenvalue weighted by atomic mass is 9.83. The molecular weight excluding hydrogens is 577 g/mol. The third kappa shape index (κ3) is 4.78. The maximum atomic E-state index is 14.5. The van der Waals surface area contributed by atoms with Crippen LogP contribution in [0.1, 0.15) is 30.0 Å². The zero-order valence-electron chi connectivity index (χ0n) is 21.9. The van der Waals surface area contributed by atoms with Crippen molar-refractivity contribution in [1.82, 2.24) is 5.32 Å². The largest absolute Gasteiger partial charge is 0.412 e. The maximum absolute atomic E-state index is 14.5. The van der Waals surface area contributed by atoms with Crippen LogP contribution in [-0.2, 0) is 36.3 Å². The maximum Gasteiger partial charge on any atom is 0.270 e. The molecule has 0 bridgehead atoms. The van der Waals surface area contributed by atoms with Gasteiger partial charge in [-0.2, -0.15) is 0 Å². The van der Waals surface area contributed by atoms with Gasteiger partial charge in [0, 0.05) is 54.0 Å². The van der Waals surface area contributed by atoms with Gasteiger partial charge < -0.3 is 15.1 Å². The molecule has 0 aliphatic carbocycles. The van der Waals surface area contributed by atoms with Crippen LogP contribution in [0, 0.1) is 0 Å². The topological polar surface area (TPSA) is 128 Å². The van der Waals surface area contributed by atoms with E-state index in [0.717, 1.165) is 9.87 Å². The number of hydrogen-bond donors (Lipinski definition) is 1. The Morgan fingerprint density at radius 2 is 1.77 bits per heavy atom. The van der Waals surface area contributed by atoms with Crippen LogP contribution in [-0.4, -0.2) is 52.5 Å². The van der Waals surface area contributed by atoms with Crippen molar-refractivity contribution in [3.63, 3.8) is 0 Å². The number of carbonyl (C=O) groups excluding carboxylic acids is 2. The number of ether oxygens (including phenoxy) is 1. The van der Waals surface area contributed by atoms with Crippen LogP contribution in [0.3, 0.4) is 0 Å². The molecule has 0 aromatic heterocycles. The van der Waals surface area contributed by atoms with Crippen molar-refractivity contribution >= 4 is 56.4 Å². The highest BCUT2D eigenvalue weighted by atomic mass is 35.5. The molecule has 0 saturated heterocycles. The second-order valence-electron chi connectivity index (χ2n) is 9.45. The summed E-state index contributed by atoms with van der Waals surface area (Å²) < 4.78 is 34.4. The van der Waals surface area contributed by atoms with Crippen LogP contribution >= 0.6 is 23.2 Å². The van der Waals surface area contributed by atoms with Gasteiger partial charge in [0.1, 0.15) is 0 Å². The number of amides is 2. The molecule has 0 spiro atoms. The first-order valence-corrected chi connectivity index (χ1v) is 14.6. The van der Waals surface area contributed by atoms with E-state index in [1.54, 1.807) is 54.5 Å². The molecule has 0 saturated carbocycles. The molecule has 2 amide bonds. The fourth-order valence-electron chi connectivity index (χ4n) is 5.36. The van der Waals surface area contributed by atoms with Gasteiger partial charge in [0.2, 0.25) is 5.91 Å². The number of anilines is 2. The molecule has 3 N–H and O–H groups in total. The second kappa shape index (κ2) is 11.5. The van der Waals surface area contributed by atoms with Crippen LogP contribution < -0.4 is 14.5 Å². The highest BCUT2D eigenvalue weighted by molar-refractivity contribution is 7.93. The molecule has 40 heavy (non-hydrogen) atoms. The molecule has 2 aliphatic heterocycles. The van der Waals surface area contributed by atoms with Gasteiger partial charge in [-0.05, 0) is 67.4 Å². The van der Waals surface area contributed by atoms with E-state index in [2.05, 4.69) is 5.32 Å². The molecule has 2 heterocycles. The quantitative estimate of drug-likeness (QED) is 0.390. The predicted molar refractivity (Wildman–Crippen MR) is 155 cm³/mol. The Morgan fingerprint density at radius 3 is 2.48 bits per heavy atom. The second-order valence-corrected chi connectivity index (χ2v) is 12.1. The average molecular weight is 607 g/mol. The number of nitrogens with zero attached hydrogens (tertiary/aromatic N) is 2. The lowest BCUT2D eigenvalue weighted by Crippen LogP contribution is -2.53. The van der Waals surface area contributed by atoms with Gasteiger partial charge in [-0.25, -0.2) is 12.7 Å². The van der Waals surface area contributed by atoms with Crippen LogP contribution in [0.25, 0.3) is 0 Å². The third-order valence-corrected chi connectivity index (χ3v) is 9.40. The van der Waals surface area contributed by atoms with E-state index in [1.807, 2.05) is 0 Å². The number of rotatable bonds is 8. The van der Waals surface area contributed by atoms with Gasteiger partial charge in [-0.3, -0.25) is 14.9 Å². The van der Waals surface area contributed by atoms with Crippen molar-refractivity contribution in [2.45, 2.75) is 30.2 Å². The van der Waals surface area contributed by atoms with E-state index in [0.29, 0.717) is 59.4 Å². The highest BCUT2D eigenvalue weighted by Gasteiger charge is 2.56. The molecule has 3 aromatic rings. The van der Waals surface area contributed by atoms with Crippen LogP contribution in [0.5, 0.6) is 0 Å². The average Bonchev–Trinajstić information content (AvgIpc) is 3.44. The van der Waals surface area contributed by atoms with E-state index in [-0.39, 0.29) is 22.0 Å². The smallest absolute Gasteiger partial charge is 0.270 e. The van der Waals surface area contributed by atoms with E-state index in [4.69, 9.17) is 27.9 Å². The number of halogens is 2. The zero-order chi connectivity index (χ0) is 27.9. The zero-order valence-corrected chi connectivity index (χ0v) is 24.2. The summed E-state index contributed by atoms with van der Waals surface area (Å²) in [6.07, 6.45) is 1.08. The van der Waals surface area contributed by atoms with Gasteiger partial charge >= 0.3 is 0 Å². The SMILES string of the molecule is COCCCNC1(c2ccccc2Cl)C(=O)N(S(=O)(=O)c2ccc3c(c2)CCN3C(C)=O)c2ccc(Cl)cc21.O. The Balaban J connectivity index is 0.00000370. The van der Waals surface area contributed by atoms with E-state index in [9.17, 15) is 18.0 Å². The summed E-state index contributed by atoms with van der Waals surface area (Å²) >= 11 is 13.0. The fourth-order valence-corrected chi connectivity index (χ4v) is 7.32. The Kier molecular flexibility index (Phi) is 8.60. The van der Waals surface area contributed by atoms with Gasteiger partial charge in [0.15, 0.2) is 5.54 Å². The van der Waals surface area contributed by atoms with E-state index < -0.39 is 21.5 Å². The predicted octanol–water partition coefficient (Wildman–Crippen LogP) is 3.68.